The molecule has 3 heterocycles. The van der Waals surface area contributed by atoms with Crippen molar-refractivity contribution in [2.24, 2.45) is 5.92 Å². The molecule has 174 valence electrons. The molecule has 0 bridgehead atoms. The quantitative estimate of drug-likeness (QED) is 0.382. The second-order valence-corrected chi connectivity index (χ2v) is 10.2. The predicted octanol–water partition coefficient (Wildman–Crippen LogP) is 5.82. The Labute approximate surface area is 208 Å². The molecule has 2 aromatic heterocycles. The highest BCUT2D eigenvalue weighted by atomic mass is 35.5. The highest BCUT2D eigenvalue weighted by Gasteiger charge is 2.28. The molecule has 5 nitrogen and oxygen atoms in total. The molecular formula is C27H26ClN3O2S. The van der Waals surface area contributed by atoms with E-state index in [-0.39, 0.29) is 17.7 Å². The van der Waals surface area contributed by atoms with Crippen LogP contribution in [0.5, 0.6) is 0 Å². The standard InChI is InChI=1S/C27H26ClN3O2S/c1-18-16-20-6-3-5-9-23(20)31(18)25-11-10-24(34-25)27(33)30-14-12-19(13-15-30)26(32)29-17-21-7-2-4-8-22(21)28/h2-11,16,19H,12-15,17H2,1H3,(H,29,32). The van der Waals surface area contributed by atoms with Gasteiger partial charge in [0.05, 0.1) is 10.4 Å². The van der Waals surface area contributed by atoms with Crippen molar-refractivity contribution in [3.63, 3.8) is 0 Å². The number of thiophene rings is 1. The lowest BCUT2D eigenvalue weighted by Crippen LogP contribution is -2.42. The van der Waals surface area contributed by atoms with E-state index < -0.39 is 0 Å². The van der Waals surface area contributed by atoms with Crippen LogP contribution >= 0.6 is 22.9 Å². The van der Waals surface area contributed by atoms with E-state index in [0.717, 1.165) is 26.7 Å². The first-order chi connectivity index (χ1) is 16.5. The number of amides is 2. The van der Waals surface area contributed by atoms with Crippen molar-refractivity contribution in [3.05, 3.63) is 87.9 Å². The summed E-state index contributed by atoms with van der Waals surface area (Å²) in [6, 6.07) is 21.9. The molecule has 5 rings (SSSR count). The number of hydrogen-bond acceptors (Lipinski definition) is 3. The van der Waals surface area contributed by atoms with Gasteiger partial charge in [-0.05, 0) is 55.7 Å². The maximum Gasteiger partial charge on any atom is 0.263 e. The first-order valence-corrected chi connectivity index (χ1v) is 12.7. The van der Waals surface area contributed by atoms with E-state index in [1.165, 1.54) is 16.7 Å². The number of hydrogen-bond donors (Lipinski definition) is 1. The first-order valence-electron chi connectivity index (χ1n) is 11.5. The molecule has 0 radical (unpaired) electrons. The van der Waals surface area contributed by atoms with Crippen LogP contribution in [0.15, 0.2) is 66.7 Å². The molecule has 1 saturated heterocycles. The third-order valence-corrected chi connectivity index (χ3v) is 7.91. The van der Waals surface area contributed by atoms with Gasteiger partial charge in [-0.1, -0.05) is 48.0 Å². The van der Waals surface area contributed by atoms with Gasteiger partial charge in [0.25, 0.3) is 5.91 Å². The average Bonchev–Trinajstić information content (AvgIpc) is 3.46. The molecule has 1 fully saturated rings. The number of fused-ring (bicyclic) bond motifs is 1. The molecule has 2 aromatic carbocycles. The summed E-state index contributed by atoms with van der Waals surface area (Å²) in [5.74, 6) is -0.0139. The number of piperidine rings is 1. The smallest absolute Gasteiger partial charge is 0.263 e. The number of carbonyl (C=O) groups excluding carboxylic acids is 2. The Bertz CT molecular complexity index is 1350. The van der Waals surface area contributed by atoms with Crippen molar-refractivity contribution in [1.82, 2.24) is 14.8 Å². The molecule has 7 heteroatoms. The van der Waals surface area contributed by atoms with Gasteiger partial charge in [0.15, 0.2) is 0 Å². The Morgan fingerprint density at radius 1 is 1.03 bits per heavy atom. The third kappa shape index (κ3) is 4.48. The molecule has 0 spiro atoms. The van der Waals surface area contributed by atoms with Crippen LogP contribution in [-0.2, 0) is 11.3 Å². The number of likely N-dealkylation sites (tertiary alicyclic amines) is 1. The Morgan fingerprint density at radius 3 is 2.56 bits per heavy atom. The lowest BCUT2D eigenvalue weighted by molar-refractivity contribution is -0.126. The first kappa shape index (κ1) is 22.7. The fraction of sp³-hybridized carbons (Fsp3) is 0.259. The summed E-state index contributed by atoms with van der Waals surface area (Å²) in [5, 5.41) is 5.88. The minimum atomic E-state index is -0.0840. The van der Waals surface area contributed by atoms with Crippen molar-refractivity contribution in [3.8, 4) is 5.00 Å². The zero-order chi connectivity index (χ0) is 23.7. The van der Waals surface area contributed by atoms with Gasteiger partial charge < -0.3 is 14.8 Å². The molecular weight excluding hydrogens is 466 g/mol. The van der Waals surface area contributed by atoms with Crippen molar-refractivity contribution in [2.45, 2.75) is 26.3 Å². The van der Waals surface area contributed by atoms with Crippen LogP contribution < -0.4 is 5.32 Å². The van der Waals surface area contributed by atoms with Crippen molar-refractivity contribution >= 4 is 45.7 Å². The Kier molecular flexibility index (Phi) is 6.44. The van der Waals surface area contributed by atoms with E-state index in [2.05, 4.69) is 35.0 Å². The van der Waals surface area contributed by atoms with Gasteiger partial charge in [-0.15, -0.1) is 11.3 Å². The Morgan fingerprint density at radius 2 is 1.76 bits per heavy atom. The van der Waals surface area contributed by atoms with E-state index in [1.54, 1.807) is 0 Å². The fourth-order valence-corrected chi connectivity index (χ4v) is 5.87. The normalized spacial score (nSPS) is 14.5. The molecule has 1 aliphatic heterocycles. The van der Waals surface area contributed by atoms with Crippen molar-refractivity contribution < 1.29 is 9.59 Å². The van der Waals surface area contributed by atoms with Crippen LogP contribution in [0.4, 0.5) is 0 Å². The second-order valence-electron chi connectivity index (χ2n) is 8.69. The Hall–Kier alpha value is -3.09. The molecule has 1 N–H and O–H groups in total. The molecule has 0 unspecified atom stereocenters. The lowest BCUT2D eigenvalue weighted by atomic mass is 9.95. The summed E-state index contributed by atoms with van der Waals surface area (Å²) < 4.78 is 2.20. The number of aromatic nitrogens is 1. The minimum absolute atomic E-state index is 0.0281. The van der Waals surface area contributed by atoms with Crippen molar-refractivity contribution in [2.75, 3.05) is 13.1 Å². The topological polar surface area (TPSA) is 54.3 Å². The van der Waals surface area contributed by atoms with Crippen LogP contribution in [0.3, 0.4) is 0 Å². The monoisotopic (exact) mass is 491 g/mol. The van der Waals surface area contributed by atoms with Gasteiger partial charge >= 0.3 is 0 Å². The second kappa shape index (κ2) is 9.65. The Balaban J connectivity index is 1.20. The average molecular weight is 492 g/mol. The summed E-state index contributed by atoms with van der Waals surface area (Å²) in [6.45, 7) is 3.68. The summed E-state index contributed by atoms with van der Waals surface area (Å²) in [7, 11) is 0. The number of carbonyl (C=O) groups is 2. The van der Waals surface area contributed by atoms with Crippen LogP contribution in [0.1, 0.15) is 33.8 Å². The largest absolute Gasteiger partial charge is 0.352 e. The fourth-order valence-electron chi connectivity index (χ4n) is 4.62. The van der Waals surface area contributed by atoms with Gasteiger partial charge in [0, 0.05) is 41.7 Å². The van der Waals surface area contributed by atoms with E-state index in [0.29, 0.717) is 37.5 Å². The minimum Gasteiger partial charge on any atom is -0.352 e. The molecule has 34 heavy (non-hydrogen) atoms. The number of benzene rings is 2. The van der Waals surface area contributed by atoms with Crippen LogP contribution in [0.2, 0.25) is 5.02 Å². The van der Waals surface area contributed by atoms with E-state index in [9.17, 15) is 9.59 Å². The van der Waals surface area contributed by atoms with E-state index >= 15 is 0 Å². The number of aryl methyl sites for hydroxylation is 1. The summed E-state index contributed by atoms with van der Waals surface area (Å²) in [6.07, 6.45) is 1.33. The summed E-state index contributed by atoms with van der Waals surface area (Å²) in [4.78, 5) is 28.4. The van der Waals surface area contributed by atoms with Gasteiger partial charge in [0.1, 0.15) is 5.00 Å². The predicted molar refractivity (Wildman–Crippen MR) is 138 cm³/mol. The maximum atomic E-state index is 13.2. The molecule has 0 aliphatic carbocycles. The molecule has 0 saturated carbocycles. The summed E-state index contributed by atoms with van der Waals surface area (Å²) in [5.41, 5.74) is 3.19. The van der Waals surface area contributed by atoms with Crippen LogP contribution in [0.25, 0.3) is 15.9 Å². The van der Waals surface area contributed by atoms with Crippen LogP contribution in [0, 0.1) is 12.8 Å². The number of para-hydroxylation sites is 1. The van der Waals surface area contributed by atoms with Gasteiger partial charge in [-0.2, -0.15) is 0 Å². The highest BCUT2D eigenvalue weighted by Crippen LogP contribution is 2.30. The van der Waals surface area contributed by atoms with E-state index in [1.807, 2.05) is 53.4 Å². The third-order valence-electron chi connectivity index (χ3n) is 6.48. The molecule has 0 atom stereocenters. The lowest BCUT2D eigenvalue weighted by Gasteiger charge is -2.31. The number of rotatable bonds is 5. The zero-order valence-corrected chi connectivity index (χ0v) is 20.5. The highest BCUT2D eigenvalue weighted by molar-refractivity contribution is 7.16. The number of nitrogens with zero attached hydrogens (tertiary/aromatic N) is 2. The maximum absolute atomic E-state index is 13.2. The number of halogens is 1. The SMILES string of the molecule is Cc1cc2ccccc2n1-c1ccc(C(=O)N2CCC(C(=O)NCc3ccccc3Cl)CC2)s1. The van der Waals surface area contributed by atoms with Crippen LogP contribution in [-0.4, -0.2) is 34.4 Å². The van der Waals surface area contributed by atoms with Crippen molar-refractivity contribution in [1.29, 1.82) is 0 Å². The molecule has 2 amide bonds. The van der Waals surface area contributed by atoms with E-state index in [4.69, 9.17) is 11.6 Å². The molecule has 1 aliphatic rings. The number of nitrogens with one attached hydrogen (secondary N) is 1. The van der Waals surface area contributed by atoms with Gasteiger partial charge in [0.2, 0.25) is 5.91 Å². The summed E-state index contributed by atoms with van der Waals surface area (Å²) >= 11 is 7.70. The molecule has 4 aromatic rings. The van der Waals surface area contributed by atoms with Gasteiger partial charge in [-0.3, -0.25) is 9.59 Å². The zero-order valence-electron chi connectivity index (χ0n) is 19.0. The van der Waals surface area contributed by atoms with Gasteiger partial charge in [-0.25, -0.2) is 0 Å².